The lowest BCUT2D eigenvalue weighted by molar-refractivity contribution is 0.0901. The quantitative estimate of drug-likeness (QED) is 0.683. The molecule has 0 bridgehead atoms. The van der Waals surface area contributed by atoms with Crippen molar-refractivity contribution >= 4 is 29.1 Å². The van der Waals surface area contributed by atoms with Crippen molar-refractivity contribution in [1.82, 2.24) is 5.32 Å². The Morgan fingerprint density at radius 1 is 1.12 bits per heavy atom. The second-order valence-electron chi connectivity index (χ2n) is 6.29. The summed E-state index contributed by atoms with van der Waals surface area (Å²) in [6.07, 6.45) is 6.92. The standard InChI is InChI=1S/C19H21Cl2NO3/c20-13-7-9-17(16(21)11-13)24-12-15-8-10-18(25-15)19(23)22-14-5-3-1-2-4-6-14/h7-11,14H,1-6,12H2,(H,22,23). The van der Waals surface area contributed by atoms with Crippen LogP contribution in [0.4, 0.5) is 0 Å². The van der Waals surface area contributed by atoms with Crippen LogP contribution in [-0.4, -0.2) is 11.9 Å². The average Bonchev–Trinajstić information content (AvgIpc) is 2.92. The molecule has 0 spiro atoms. The molecule has 6 heteroatoms. The van der Waals surface area contributed by atoms with Gasteiger partial charge in [0.2, 0.25) is 0 Å². The Labute approximate surface area is 157 Å². The Kier molecular flexibility index (Phi) is 6.27. The second-order valence-corrected chi connectivity index (χ2v) is 7.13. The van der Waals surface area contributed by atoms with Gasteiger partial charge in [-0.05, 0) is 43.2 Å². The number of furan rings is 1. The molecule has 25 heavy (non-hydrogen) atoms. The van der Waals surface area contributed by atoms with Gasteiger partial charge in [0.05, 0.1) is 5.02 Å². The number of nitrogens with one attached hydrogen (secondary N) is 1. The van der Waals surface area contributed by atoms with Gasteiger partial charge in [-0.2, -0.15) is 0 Å². The minimum atomic E-state index is -0.164. The molecule has 0 atom stereocenters. The molecule has 3 rings (SSSR count). The first-order valence-corrected chi connectivity index (χ1v) is 9.35. The van der Waals surface area contributed by atoms with E-state index in [0.717, 1.165) is 12.8 Å². The highest BCUT2D eigenvalue weighted by atomic mass is 35.5. The molecule has 1 N–H and O–H groups in total. The van der Waals surface area contributed by atoms with E-state index in [2.05, 4.69) is 5.32 Å². The Morgan fingerprint density at radius 3 is 2.60 bits per heavy atom. The number of rotatable bonds is 5. The molecule has 1 aromatic heterocycles. The molecule has 1 saturated carbocycles. The van der Waals surface area contributed by atoms with Gasteiger partial charge in [-0.25, -0.2) is 0 Å². The van der Waals surface area contributed by atoms with Gasteiger partial charge in [-0.1, -0.05) is 48.9 Å². The number of ether oxygens (including phenoxy) is 1. The molecule has 0 saturated heterocycles. The third-order valence-electron chi connectivity index (χ3n) is 4.34. The van der Waals surface area contributed by atoms with Crippen LogP contribution >= 0.6 is 23.2 Å². The summed E-state index contributed by atoms with van der Waals surface area (Å²) in [5, 5.41) is 4.05. The Morgan fingerprint density at radius 2 is 1.88 bits per heavy atom. The zero-order valence-corrected chi connectivity index (χ0v) is 15.4. The number of carbonyl (C=O) groups is 1. The van der Waals surface area contributed by atoms with Crippen LogP contribution in [0.15, 0.2) is 34.7 Å². The molecule has 1 amide bonds. The third-order valence-corrected chi connectivity index (χ3v) is 4.87. The second kappa shape index (κ2) is 8.63. The maximum atomic E-state index is 12.3. The van der Waals surface area contributed by atoms with Crippen molar-refractivity contribution in [1.29, 1.82) is 0 Å². The van der Waals surface area contributed by atoms with Crippen LogP contribution in [0.5, 0.6) is 5.75 Å². The normalized spacial score (nSPS) is 15.6. The van der Waals surface area contributed by atoms with Gasteiger partial charge in [0.25, 0.3) is 5.91 Å². The monoisotopic (exact) mass is 381 g/mol. The fourth-order valence-corrected chi connectivity index (χ4v) is 3.46. The van der Waals surface area contributed by atoms with Crippen LogP contribution in [0, 0.1) is 0 Å². The van der Waals surface area contributed by atoms with Crippen molar-refractivity contribution in [3.8, 4) is 5.75 Å². The Balaban J connectivity index is 1.55. The van der Waals surface area contributed by atoms with Crippen molar-refractivity contribution in [3.05, 3.63) is 51.9 Å². The Bertz CT molecular complexity index is 721. The molecule has 1 aromatic carbocycles. The lowest BCUT2D eigenvalue weighted by atomic mass is 10.1. The van der Waals surface area contributed by atoms with Crippen LogP contribution in [0.3, 0.4) is 0 Å². The van der Waals surface area contributed by atoms with Crippen molar-refractivity contribution in [3.63, 3.8) is 0 Å². The van der Waals surface area contributed by atoms with Crippen LogP contribution in [-0.2, 0) is 6.61 Å². The van der Waals surface area contributed by atoms with Crippen molar-refractivity contribution < 1.29 is 13.9 Å². The molecular formula is C19H21Cl2NO3. The van der Waals surface area contributed by atoms with E-state index in [1.807, 2.05) is 0 Å². The van der Waals surface area contributed by atoms with Crippen molar-refractivity contribution in [2.45, 2.75) is 51.2 Å². The molecule has 1 fully saturated rings. The largest absolute Gasteiger partial charge is 0.484 e. The van der Waals surface area contributed by atoms with E-state index in [0.29, 0.717) is 27.3 Å². The Hall–Kier alpha value is -1.65. The number of hydrogen-bond acceptors (Lipinski definition) is 3. The number of amides is 1. The third kappa shape index (κ3) is 5.16. The predicted octanol–water partition coefficient (Wildman–Crippen LogP) is 5.62. The summed E-state index contributed by atoms with van der Waals surface area (Å²) in [7, 11) is 0. The van der Waals surface area contributed by atoms with E-state index >= 15 is 0 Å². The van der Waals surface area contributed by atoms with E-state index in [-0.39, 0.29) is 18.6 Å². The zero-order valence-electron chi connectivity index (χ0n) is 13.9. The molecular weight excluding hydrogens is 361 g/mol. The van der Waals surface area contributed by atoms with Gasteiger partial charge in [-0.15, -0.1) is 0 Å². The highest BCUT2D eigenvalue weighted by Crippen LogP contribution is 2.28. The highest BCUT2D eigenvalue weighted by molar-refractivity contribution is 6.35. The maximum absolute atomic E-state index is 12.3. The van der Waals surface area contributed by atoms with Crippen molar-refractivity contribution in [2.75, 3.05) is 0 Å². The van der Waals surface area contributed by atoms with Gasteiger partial charge in [0, 0.05) is 11.1 Å². The van der Waals surface area contributed by atoms with Crippen molar-refractivity contribution in [2.24, 2.45) is 0 Å². The minimum Gasteiger partial charge on any atom is -0.484 e. The summed E-state index contributed by atoms with van der Waals surface area (Å²) in [6.45, 7) is 0.193. The summed E-state index contributed by atoms with van der Waals surface area (Å²) < 4.78 is 11.2. The number of carbonyl (C=O) groups excluding carboxylic acids is 1. The van der Waals surface area contributed by atoms with Crippen LogP contribution in [0.25, 0.3) is 0 Å². The fraction of sp³-hybridized carbons (Fsp3) is 0.421. The van der Waals surface area contributed by atoms with E-state index in [4.69, 9.17) is 32.4 Å². The maximum Gasteiger partial charge on any atom is 0.287 e. The summed E-state index contributed by atoms with van der Waals surface area (Å²) in [5.74, 6) is 1.23. The number of benzene rings is 1. The van der Waals surface area contributed by atoms with Crippen LogP contribution < -0.4 is 10.1 Å². The van der Waals surface area contributed by atoms with Gasteiger partial charge < -0.3 is 14.5 Å². The lowest BCUT2D eigenvalue weighted by Crippen LogP contribution is -2.34. The lowest BCUT2D eigenvalue weighted by Gasteiger charge is -2.15. The predicted molar refractivity (Wildman–Crippen MR) is 98.5 cm³/mol. The van der Waals surface area contributed by atoms with Crippen LogP contribution in [0.1, 0.15) is 54.8 Å². The van der Waals surface area contributed by atoms with Gasteiger partial charge >= 0.3 is 0 Å². The van der Waals surface area contributed by atoms with Crippen LogP contribution in [0.2, 0.25) is 10.0 Å². The SMILES string of the molecule is O=C(NC1CCCCCC1)c1ccc(COc2ccc(Cl)cc2Cl)o1. The first-order chi connectivity index (χ1) is 12.1. The zero-order chi connectivity index (χ0) is 17.6. The summed E-state index contributed by atoms with van der Waals surface area (Å²) in [4.78, 5) is 12.3. The van der Waals surface area contributed by atoms with E-state index < -0.39 is 0 Å². The molecule has 0 unspecified atom stereocenters. The van der Waals surface area contributed by atoms with Gasteiger partial charge in [0.1, 0.15) is 18.1 Å². The molecule has 134 valence electrons. The topological polar surface area (TPSA) is 51.5 Å². The molecule has 1 aliphatic rings. The number of hydrogen-bond donors (Lipinski definition) is 1. The molecule has 2 aromatic rings. The average molecular weight is 382 g/mol. The number of halogens is 2. The van der Waals surface area contributed by atoms with E-state index in [1.54, 1.807) is 30.3 Å². The van der Waals surface area contributed by atoms with Gasteiger partial charge in [0.15, 0.2) is 5.76 Å². The molecule has 0 radical (unpaired) electrons. The smallest absolute Gasteiger partial charge is 0.287 e. The van der Waals surface area contributed by atoms with Gasteiger partial charge in [-0.3, -0.25) is 4.79 Å². The molecule has 4 nitrogen and oxygen atoms in total. The first-order valence-electron chi connectivity index (χ1n) is 8.59. The fourth-order valence-electron chi connectivity index (χ4n) is 3.00. The molecule has 0 aliphatic heterocycles. The summed E-state index contributed by atoms with van der Waals surface area (Å²) in [5.41, 5.74) is 0. The summed E-state index contributed by atoms with van der Waals surface area (Å²) >= 11 is 11.9. The van der Waals surface area contributed by atoms with E-state index in [9.17, 15) is 4.79 Å². The summed E-state index contributed by atoms with van der Waals surface area (Å²) in [6, 6.07) is 8.68. The molecule has 1 aliphatic carbocycles. The minimum absolute atomic E-state index is 0.164. The van der Waals surface area contributed by atoms with E-state index in [1.165, 1.54) is 25.7 Å². The first kappa shape index (κ1) is 18.2. The highest BCUT2D eigenvalue weighted by Gasteiger charge is 2.18. The molecule has 1 heterocycles.